The lowest BCUT2D eigenvalue weighted by Gasteiger charge is -2.23. The molecule has 1 saturated heterocycles. The zero-order valence-electron chi connectivity index (χ0n) is 11.0. The number of epoxide rings is 1. The second-order valence-corrected chi connectivity index (χ2v) is 7.76. The molecule has 0 aromatic rings. The predicted molar refractivity (Wildman–Crippen MR) is 64.1 cm³/mol. The summed E-state index contributed by atoms with van der Waals surface area (Å²) in [6.45, 7) is 9.84. The molecule has 4 aliphatic rings. The highest BCUT2D eigenvalue weighted by Crippen LogP contribution is 2.78. The third-order valence-electron chi connectivity index (χ3n) is 6.84. The van der Waals surface area contributed by atoms with Crippen LogP contribution in [0.15, 0.2) is 0 Å². The first kappa shape index (κ1) is 9.94. The average Bonchev–Trinajstić information content (AvgIpc) is 2.90. The van der Waals surface area contributed by atoms with Crippen LogP contribution < -0.4 is 0 Å². The molecular weight excluding hydrogens is 196 g/mol. The molecule has 16 heavy (non-hydrogen) atoms. The van der Waals surface area contributed by atoms with E-state index in [0.29, 0.717) is 11.0 Å². The van der Waals surface area contributed by atoms with E-state index in [1.807, 2.05) is 0 Å². The maximum Gasteiger partial charge on any atom is 0.101 e. The molecule has 0 radical (unpaired) electrons. The molecule has 90 valence electrons. The van der Waals surface area contributed by atoms with Gasteiger partial charge in [0.15, 0.2) is 0 Å². The van der Waals surface area contributed by atoms with Crippen LogP contribution in [0.1, 0.15) is 53.4 Å². The van der Waals surface area contributed by atoms with E-state index in [-0.39, 0.29) is 5.60 Å². The van der Waals surface area contributed by atoms with Gasteiger partial charge >= 0.3 is 0 Å². The van der Waals surface area contributed by atoms with Gasteiger partial charge in [0.25, 0.3) is 0 Å². The lowest BCUT2D eigenvalue weighted by molar-refractivity contribution is 0.176. The first-order valence-electron chi connectivity index (χ1n) is 7.13. The summed E-state index contributed by atoms with van der Waals surface area (Å²) in [6, 6.07) is 0. The minimum atomic E-state index is 0.270. The average molecular weight is 220 g/mol. The fourth-order valence-corrected chi connectivity index (χ4v) is 5.75. The summed E-state index contributed by atoms with van der Waals surface area (Å²) in [5.74, 6) is 3.74. The van der Waals surface area contributed by atoms with Gasteiger partial charge in [-0.25, -0.2) is 0 Å². The quantitative estimate of drug-likeness (QED) is 0.568. The molecule has 1 nitrogen and oxygen atoms in total. The molecular formula is C15H24O. The van der Waals surface area contributed by atoms with Crippen LogP contribution in [-0.2, 0) is 4.74 Å². The van der Waals surface area contributed by atoms with Gasteiger partial charge in [-0.15, -0.1) is 0 Å². The summed E-state index contributed by atoms with van der Waals surface area (Å²) < 4.78 is 6.32. The largest absolute Gasteiger partial charge is 0.363 e. The molecule has 4 rings (SSSR count). The predicted octanol–water partition coefficient (Wildman–Crippen LogP) is 3.63. The van der Waals surface area contributed by atoms with E-state index in [0.717, 1.165) is 23.7 Å². The van der Waals surface area contributed by atoms with Gasteiger partial charge in [-0.2, -0.15) is 0 Å². The molecule has 0 amide bonds. The van der Waals surface area contributed by atoms with E-state index in [2.05, 4.69) is 27.7 Å². The van der Waals surface area contributed by atoms with E-state index in [1.54, 1.807) is 0 Å². The minimum Gasteiger partial charge on any atom is -0.363 e. The Balaban J connectivity index is 1.77. The highest BCUT2D eigenvalue weighted by Gasteiger charge is 2.80. The Morgan fingerprint density at radius 3 is 2.50 bits per heavy atom. The maximum atomic E-state index is 6.32. The zero-order valence-corrected chi connectivity index (χ0v) is 11.0. The summed E-state index contributed by atoms with van der Waals surface area (Å²) in [5.41, 5.74) is 1.20. The van der Waals surface area contributed by atoms with Gasteiger partial charge in [-0.05, 0) is 61.7 Å². The van der Waals surface area contributed by atoms with Crippen LogP contribution in [0.4, 0.5) is 0 Å². The lowest BCUT2D eigenvalue weighted by Crippen LogP contribution is -2.31. The molecule has 3 saturated carbocycles. The van der Waals surface area contributed by atoms with Crippen LogP contribution in [0.5, 0.6) is 0 Å². The van der Waals surface area contributed by atoms with Gasteiger partial charge in [-0.3, -0.25) is 0 Å². The van der Waals surface area contributed by atoms with Crippen molar-refractivity contribution in [3.05, 3.63) is 0 Å². The molecule has 0 aromatic carbocycles. The van der Waals surface area contributed by atoms with Crippen molar-refractivity contribution in [2.24, 2.45) is 29.1 Å². The molecule has 1 aliphatic heterocycles. The van der Waals surface area contributed by atoms with Crippen molar-refractivity contribution >= 4 is 0 Å². The van der Waals surface area contributed by atoms with Gasteiger partial charge in [0.1, 0.15) is 5.60 Å². The van der Waals surface area contributed by atoms with E-state index < -0.39 is 0 Å². The van der Waals surface area contributed by atoms with Crippen molar-refractivity contribution < 1.29 is 4.74 Å². The van der Waals surface area contributed by atoms with Crippen LogP contribution in [-0.4, -0.2) is 11.2 Å². The molecule has 0 aromatic heterocycles. The lowest BCUT2D eigenvalue weighted by atomic mass is 9.77. The Hall–Kier alpha value is -0.0400. The Kier molecular flexibility index (Phi) is 1.48. The fraction of sp³-hybridized carbons (Fsp3) is 1.00. The molecule has 3 aliphatic carbocycles. The summed E-state index contributed by atoms with van der Waals surface area (Å²) in [6.07, 6.45) is 5.48. The standard InChI is InChI=1S/C15H24O/c1-9-5-8-15-11(9)12-10(13(12,2)3)6-7-14(15,4)16-15/h9-12H,5-8H2,1-4H3. The second-order valence-electron chi connectivity index (χ2n) is 7.76. The van der Waals surface area contributed by atoms with Crippen molar-refractivity contribution in [1.82, 2.24) is 0 Å². The molecule has 6 unspecified atom stereocenters. The van der Waals surface area contributed by atoms with Gasteiger partial charge in [0.05, 0.1) is 5.60 Å². The van der Waals surface area contributed by atoms with Gasteiger partial charge in [-0.1, -0.05) is 20.8 Å². The topological polar surface area (TPSA) is 12.5 Å². The summed E-state index contributed by atoms with van der Waals surface area (Å²) in [4.78, 5) is 0. The van der Waals surface area contributed by atoms with Crippen molar-refractivity contribution in [1.29, 1.82) is 0 Å². The van der Waals surface area contributed by atoms with Gasteiger partial charge < -0.3 is 4.74 Å². The Morgan fingerprint density at radius 2 is 1.75 bits per heavy atom. The smallest absolute Gasteiger partial charge is 0.101 e. The summed E-state index contributed by atoms with van der Waals surface area (Å²) in [5, 5.41) is 0. The number of ether oxygens (including phenoxy) is 1. The van der Waals surface area contributed by atoms with Gasteiger partial charge in [0, 0.05) is 0 Å². The van der Waals surface area contributed by atoms with Crippen LogP contribution in [0, 0.1) is 29.1 Å². The molecule has 6 atom stereocenters. The van der Waals surface area contributed by atoms with Crippen molar-refractivity contribution in [2.75, 3.05) is 0 Å². The second kappa shape index (κ2) is 2.39. The third kappa shape index (κ3) is 0.836. The maximum absolute atomic E-state index is 6.32. The zero-order chi connectivity index (χ0) is 11.3. The van der Waals surface area contributed by atoms with E-state index in [1.165, 1.54) is 25.7 Å². The Morgan fingerprint density at radius 1 is 1.00 bits per heavy atom. The van der Waals surface area contributed by atoms with Crippen molar-refractivity contribution in [3.63, 3.8) is 0 Å². The van der Waals surface area contributed by atoms with Crippen LogP contribution >= 0.6 is 0 Å². The van der Waals surface area contributed by atoms with E-state index >= 15 is 0 Å². The minimum absolute atomic E-state index is 0.270. The first-order valence-corrected chi connectivity index (χ1v) is 7.13. The van der Waals surface area contributed by atoms with Crippen LogP contribution in [0.25, 0.3) is 0 Å². The van der Waals surface area contributed by atoms with Crippen LogP contribution in [0.3, 0.4) is 0 Å². The normalized spacial score (nSPS) is 65.2. The van der Waals surface area contributed by atoms with Crippen molar-refractivity contribution in [3.8, 4) is 0 Å². The number of hydrogen-bond acceptors (Lipinski definition) is 1. The number of hydrogen-bond donors (Lipinski definition) is 0. The SMILES string of the molecule is CC1CCC23OC2(C)CCC2C(C13)C2(C)C. The Bertz CT molecular complexity index is 356. The summed E-state index contributed by atoms with van der Waals surface area (Å²) in [7, 11) is 0. The van der Waals surface area contributed by atoms with Gasteiger partial charge in [0.2, 0.25) is 0 Å². The molecule has 1 heteroatoms. The van der Waals surface area contributed by atoms with E-state index in [9.17, 15) is 0 Å². The molecule has 4 fully saturated rings. The van der Waals surface area contributed by atoms with Crippen LogP contribution in [0.2, 0.25) is 0 Å². The molecule has 1 heterocycles. The monoisotopic (exact) mass is 220 g/mol. The number of fused-ring (bicyclic) bond motifs is 2. The fourth-order valence-electron chi connectivity index (χ4n) is 5.75. The molecule has 0 bridgehead atoms. The highest BCUT2D eigenvalue weighted by molar-refractivity contribution is 5.28. The first-order chi connectivity index (χ1) is 7.42. The van der Waals surface area contributed by atoms with E-state index in [4.69, 9.17) is 4.74 Å². The van der Waals surface area contributed by atoms with Crippen molar-refractivity contribution in [2.45, 2.75) is 64.6 Å². The summed E-state index contributed by atoms with van der Waals surface area (Å²) >= 11 is 0. The third-order valence-corrected chi connectivity index (χ3v) is 6.84. The molecule has 1 spiro atoms. The highest BCUT2D eigenvalue weighted by atomic mass is 16.6. The number of rotatable bonds is 0. The Labute approximate surface area is 98.9 Å². The molecule has 0 N–H and O–H groups in total.